The van der Waals surface area contributed by atoms with E-state index in [0.717, 1.165) is 0 Å². The van der Waals surface area contributed by atoms with Crippen LogP contribution in [0.2, 0.25) is 0 Å². The van der Waals surface area contributed by atoms with Crippen molar-refractivity contribution in [2.45, 2.75) is 39.2 Å². The maximum atomic E-state index is 12.3. The van der Waals surface area contributed by atoms with Crippen molar-refractivity contribution in [3.05, 3.63) is 35.9 Å². The molecule has 0 fully saturated rings. The number of amides is 2. The number of aliphatic carboxylic acids is 1. The molecule has 6 nitrogen and oxygen atoms in total. The van der Waals surface area contributed by atoms with Gasteiger partial charge in [0.2, 0.25) is 11.8 Å². The van der Waals surface area contributed by atoms with Crippen LogP contribution < -0.4 is 10.6 Å². The van der Waals surface area contributed by atoms with Gasteiger partial charge in [-0.25, -0.2) is 0 Å². The molecule has 0 aliphatic rings. The van der Waals surface area contributed by atoms with E-state index in [1.807, 2.05) is 19.9 Å². The highest BCUT2D eigenvalue weighted by molar-refractivity contribution is 5.88. The molecule has 0 spiro atoms. The van der Waals surface area contributed by atoms with Crippen LogP contribution in [0.4, 0.5) is 0 Å². The van der Waals surface area contributed by atoms with Gasteiger partial charge in [-0.2, -0.15) is 0 Å². The molecule has 126 valence electrons. The maximum Gasteiger partial charge on any atom is 0.303 e. The first-order valence-corrected chi connectivity index (χ1v) is 7.74. The van der Waals surface area contributed by atoms with Gasteiger partial charge in [0.1, 0.15) is 6.04 Å². The summed E-state index contributed by atoms with van der Waals surface area (Å²) >= 11 is 0. The van der Waals surface area contributed by atoms with Crippen molar-refractivity contribution in [1.82, 2.24) is 10.6 Å². The molecule has 0 saturated carbocycles. The molecule has 0 aliphatic heterocycles. The summed E-state index contributed by atoms with van der Waals surface area (Å²) in [5, 5.41) is 14.0. The van der Waals surface area contributed by atoms with Gasteiger partial charge in [0.05, 0.1) is 0 Å². The first-order valence-electron chi connectivity index (χ1n) is 7.74. The van der Waals surface area contributed by atoms with Crippen LogP contribution in [-0.2, 0) is 14.4 Å². The van der Waals surface area contributed by atoms with E-state index in [9.17, 15) is 14.4 Å². The predicted octanol–water partition coefficient (Wildman–Crippen LogP) is 1.87. The van der Waals surface area contributed by atoms with E-state index in [-0.39, 0.29) is 30.7 Å². The zero-order valence-corrected chi connectivity index (χ0v) is 13.5. The lowest BCUT2D eigenvalue weighted by Crippen LogP contribution is -2.41. The third-order valence-electron chi connectivity index (χ3n) is 3.16. The number of carbonyl (C=O) groups is 3. The highest BCUT2D eigenvalue weighted by Crippen LogP contribution is 2.14. The fourth-order valence-electron chi connectivity index (χ4n) is 2.09. The number of hydrogen-bond acceptors (Lipinski definition) is 3. The Labute approximate surface area is 136 Å². The Kier molecular flexibility index (Phi) is 7.80. The number of carbonyl (C=O) groups excluding carboxylic acids is 2. The molecule has 0 saturated heterocycles. The molecule has 1 aromatic carbocycles. The first kappa shape index (κ1) is 18.7. The van der Waals surface area contributed by atoms with Gasteiger partial charge in [-0.15, -0.1) is 0 Å². The highest BCUT2D eigenvalue weighted by atomic mass is 16.4. The van der Waals surface area contributed by atoms with Gasteiger partial charge >= 0.3 is 5.97 Å². The van der Waals surface area contributed by atoms with Gasteiger partial charge in [0.15, 0.2) is 0 Å². The van der Waals surface area contributed by atoms with E-state index in [0.29, 0.717) is 18.4 Å². The zero-order valence-electron chi connectivity index (χ0n) is 13.5. The molecule has 0 aromatic heterocycles. The fourth-order valence-corrected chi connectivity index (χ4v) is 2.09. The van der Waals surface area contributed by atoms with Crippen LogP contribution in [0.3, 0.4) is 0 Å². The quantitative estimate of drug-likeness (QED) is 0.605. The first-order chi connectivity index (χ1) is 10.9. The van der Waals surface area contributed by atoms with Gasteiger partial charge < -0.3 is 15.7 Å². The van der Waals surface area contributed by atoms with Crippen molar-refractivity contribution < 1.29 is 19.5 Å². The Hall–Kier alpha value is -2.37. The summed E-state index contributed by atoms with van der Waals surface area (Å²) in [6.07, 6.45) is 0.689. The normalized spacial score (nSPS) is 11.8. The standard InChI is InChI=1S/C17H24N2O4/c1-12(2)11-14(20)19-16(13-7-4-3-5-8-13)17(23)18-10-6-9-15(21)22/h3-5,7-8,12,16H,6,9-11H2,1-2H3,(H,18,23)(H,19,20)(H,21,22). The minimum atomic E-state index is -0.899. The largest absolute Gasteiger partial charge is 0.481 e. The molecular weight excluding hydrogens is 296 g/mol. The fraction of sp³-hybridized carbons (Fsp3) is 0.471. The van der Waals surface area contributed by atoms with Crippen molar-refractivity contribution in [3.63, 3.8) is 0 Å². The van der Waals surface area contributed by atoms with Crippen LogP contribution in [0.25, 0.3) is 0 Å². The smallest absolute Gasteiger partial charge is 0.303 e. The minimum absolute atomic E-state index is 0.00398. The Balaban J connectivity index is 2.69. The average molecular weight is 320 g/mol. The summed E-state index contributed by atoms with van der Waals surface area (Å²) in [5.74, 6) is -1.22. The highest BCUT2D eigenvalue weighted by Gasteiger charge is 2.22. The summed E-state index contributed by atoms with van der Waals surface area (Å²) in [7, 11) is 0. The van der Waals surface area contributed by atoms with Crippen LogP contribution in [0.5, 0.6) is 0 Å². The Morgan fingerprint density at radius 1 is 1.13 bits per heavy atom. The Bertz CT molecular complexity index is 529. The van der Waals surface area contributed by atoms with Gasteiger partial charge in [0, 0.05) is 19.4 Å². The van der Waals surface area contributed by atoms with Crippen molar-refractivity contribution in [3.8, 4) is 0 Å². The molecule has 0 radical (unpaired) electrons. The van der Waals surface area contributed by atoms with E-state index in [4.69, 9.17) is 5.11 Å². The Morgan fingerprint density at radius 3 is 2.35 bits per heavy atom. The molecule has 0 heterocycles. The molecular formula is C17H24N2O4. The summed E-state index contributed by atoms with van der Waals surface area (Å²) in [6, 6.07) is 8.21. The number of benzene rings is 1. The number of carboxylic acids is 1. The molecule has 1 unspecified atom stereocenters. The summed E-state index contributed by atoms with van der Waals surface area (Å²) in [6.45, 7) is 4.13. The number of rotatable bonds is 9. The second-order valence-electron chi connectivity index (χ2n) is 5.80. The van der Waals surface area contributed by atoms with Crippen LogP contribution in [0.1, 0.15) is 44.7 Å². The minimum Gasteiger partial charge on any atom is -0.481 e. The zero-order chi connectivity index (χ0) is 17.2. The number of hydrogen-bond donors (Lipinski definition) is 3. The average Bonchev–Trinajstić information content (AvgIpc) is 2.49. The van der Waals surface area contributed by atoms with Gasteiger partial charge in [-0.1, -0.05) is 44.2 Å². The van der Waals surface area contributed by atoms with E-state index in [1.165, 1.54) is 0 Å². The number of nitrogens with one attached hydrogen (secondary N) is 2. The van der Waals surface area contributed by atoms with E-state index in [1.54, 1.807) is 24.3 Å². The summed E-state index contributed by atoms with van der Waals surface area (Å²) in [4.78, 5) is 34.8. The number of carboxylic acid groups (broad SMARTS) is 1. The molecule has 0 bridgehead atoms. The predicted molar refractivity (Wildman–Crippen MR) is 86.7 cm³/mol. The van der Waals surface area contributed by atoms with E-state index < -0.39 is 12.0 Å². The van der Waals surface area contributed by atoms with Crippen LogP contribution in [-0.4, -0.2) is 29.4 Å². The molecule has 2 amide bonds. The Morgan fingerprint density at radius 2 is 1.78 bits per heavy atom. The van der Waals surface area contributed by atoms with Crippen LogP contribution >= 0.6 is 0 Å². The second-order valence-corrected chi connectivity index (χ2v) is 5.80. The summed E-state index contributed by atoms with van der Waals surface area (Å²) < 4.78 is 0. The van der Waals surface area contributed by atoms with E-state index in [2.05, 4.69) is 10.6 Å². The van der Waals surface area contributed by atoms with Crippen molar-refractivity contribution >= 4 is 17.8 Å². The molecule has 1 atom stereocenters. The lowest BCUT2D eigenvalue weighted by atomic mass is 10.0. The summed E-state index contributed by atoms with van der Waals surface area (Å²) in [5.41, 5.74) is 0.695. The third-order valence-corrected chi connectivity index (χ3v) is 3.16. The molecule has 23 heavy (non-hydrogen) atoms. The van der Waals surface area contributed by atoms with E-state index >= 15 is 0 Å². The van der Waals surface area contributed by atoms with Crippen LogP contribution in [0.15, 0.2) is 30.3 Å². The second kappa shape index (κ2) is 9.61. The van der Waals surface area contributed by atoms with Crippen molar-refractivity contribution in [2.75, 3.05) is 6.54 Å². The van der Waals surface area contributed by atoms with Gasteiger partial charge in [0.25, 0.3) is 0 Å². The van der Waals surface area contributed by atoms with Crippen molar-refractivity contribution in [1.29, 1.82) is 0 Å². The lowest BCUT2D eigenvalue weighted by molar-refractivity contribution is -0.137. The maximum absolute atomic E-state index is 12.3. The molecule has 1 aromatic rings. The lowest BCUT2D eigenvalue weighted by Gasteiger charge is -2.19. The van der Waals surface area contributed by atoms with Gasteiger partial charge in [-0.3, -0.25) is 14.4 Å². The van der Waals surface area contributed by atoms with Crippen LogP contribution in [0, 0.1) is 5.92 Å². The monoisotopic (exact) mass is 320 g/mol. The molecule has 1 rings (SSSR count). The van der Waals surface area contributed by atoms with Gasteiger partial charge in [-0.05, 0) is 17.9 Å². The molecule has 6 heteroatoms. The topological polar surface area (TPSA) is 95.5 Å². The SMILES string of the molecule is CC(C)CC(=O)NC(C(=O)NCCCC(=O)O)c1ccccc1. The molecule has 0 aliphatic carbocycles. The molecule has 3 N–H and O–H groups in total. The van der Waals surface area contributed by atoms with Crippen molar-refractivity contribution in [2.24, 2.45) is 5.92 Å². The third kappa shape index (κ3) is 7.44.